The molecule has 1 aliphatic rings. The molecule has 134 valence electrons. The van der Waals surface area contributed by atoms with E-state index in [9.17, 15) is 14.7 Å². The molecule has 0 spiro atoms. The molecule has 2 heterocycles. The van der Waals surface area contributed by atoms with Gasteiger partial charge in [0.25, 0.3) is 0 Å². The van der Waals surface area contributed by atoms with Gasteiger partial charge in [0.2, 0.25) is 5.91 Å². The van der Waals surface area contributed by atoms with Crippen LogP contribution in [0.1, 0.15) is 26.7 Å². The van der Waals surface area contributed by atoms with E-state index in [4.69, 9.17) is 4.74 Å². The lowest BCUT2D eigenvalue weighted by Gasteiger charge is -2.39. The largest absolute Gasteiger partial charge is 0.480 e. The Hall–Kier alpha value is -2.09. The Labute approximate surface area is 142 Å². The smallest absolute Gasteiger partial charge is 0.326 e. The minimum Gasteiger partial charge on any atom is -0.480 e. The number of aliphatic carboxylic acids is 1. The minimum absolute atomic E-state index is 0.107. The van der Waals surface area contributed by atoms with Crippen LogP contribution in [-0.4, -0.2) is 70.1 Å². The number of likely N-dealkylation sites (N-methyl/N-ethyl adjacent to an activating group) is 1. The van der Waals surface area contributed by atoms with Crippen molar-refractivity contribution >= 4 is 17.6 Å². The van der Waals surface area contributed by atoms with E-state index in [0.29, 0.717) is 25.1 Å². The van der Waals surface area contributed by atoms with Gasteiger partial charge in [-0.05, 0) is 26.7 Å². The molecule has 1 fully saturated rings. The zero-order chi connectivity index (χ0) is 18.1. The molecule has 2 unspecified atom stereocenters. The summed E-state index contributed by atoms with van der Waals surface area (Å²) < 4.78 is 6.80. The van der Waals surface area contributed by atoms with Crippen LogP contribution in [-0.2, 0) is 21.4 Å². The van der Waals surface area contributed by atoms with Gasteiger partial charge in [0.15, 0.2) is 0 Å². The molecule has 2 atom stereocenters. The molecule has 1 aliphatic heterocycles. The number of anilines is 1. The molecule has 1 aromatic heterocycles. The molecule has 8 heteroatoms. The number of carbonyl (C=O) groups is 2. The van der Waals surface area contributed by atoms with Gasteiger partial charge in [-0.3, -0.25) is 9.48 Å². The number of carboxylic acid groups (broad SMARTS) is 1. The first-order valence-electron chi connectivity index (χ1n) is 7.95. The molecule has 2 rings (SSSR count). The zero-order valence-corrected chi connectivity index (χ0v) is 14.9. The van der Waals surface area contributed by atoms with E-state index in [2.05, 4.69) is 5.10 Å². The number of methoxy groups -OCH3 is 1. The number of ether oxygens (including phenoxy) is 1. The van der Waals surface area contributed by atoms with Crippen LogP contribution in [0.3, 0.4) is 0 Å². The van der Waals surface area contributed by atoms with Crippen LogP contribution < -0.4 is 4.90 Å². The Balaban J connectivity index is 2.30. The molecule has 0 aliphatic carbocycles. The number of aromatic nitrogens is 2. The van der Waals surface area contributed by atoms with Gasteiger partial charge in [-0.15, -0.1) is 0 Å². The molecular formula is C16H26N4O4. The number of carboxylic acids is 1. The van der Waals surface area contributed by atoms with Crippen LogP contribution in [0.4, 0.5) is 5.69 Å². The topological polar surface area (TPSA) is 87.9 Å². The summed E-state index contributed by atoms with van der Waals surface area (Å²) in [7, 11) is 5.09. The maximum atomic E-state index is 13.0. The summed E-state index contributed by atoms with van der Waals surface area (Å²) in [4.78, 5) is 28.0. The third-order valence-electron chi connectivity index (χ3n) is 4.68. The number of hydrogen-bond donors (Lipinski definition) is 1. The van der Waals surface area contributed by atoms with E-state index >= 15 is 0 Å². The Morgan fingerprint density at radius 2 is 2.04 bits per heavy atom. The summed E-state index contributed by atoms with van der Waals surface area (Å²) in [6.07, 6.45) is 4.26. The molecule has 1 aromatic rings. The highest BCUT2D eigenvalue weighted by Crippen LogP contribution is 2.32. The van der Waals surface area contributed by atoms with Gasteiger partial charge in [-0.2, -0.15) is 5.10 Å². The Bertz CT molecular complexity index is 613. The van der Waals surface area contributed by atoms with Crippen molar-refractivity contribution in [2.45, 2.75) is 44.3 Å². The van der Waals surface area contributed by atoms with Crippen molar-refractivity contribution in [3.05, 3.63) is 12.4 Å². The summed E-state index contributed by atoms with van der Waals surface area (Å²) in [6, 6.07) is -1.24. The lowest BCUT2D eigenvalue weighted by molar-refractivity contribution is -0.138. The first kappa shape index (κ1) is 18.3. The molecule has 0 saturated carbocycles. The SMILES string of the molecule is COCC(C)(C)N(C)C(=O)C1CCC(C(=O)O)N1c1cnn(C)c1. The predicted octanol–water partition coefficient (Wildman–Crippen LogP) is 0.726. The van der Waals surface area contributed by atoms with E-state index in [1.165, 1.54) is 0 Å². The van der Waals surface area contributed by atoms with Gasteiger partial charge in [0, 0.05) is 27.4 Å². The van der Waals surface area contributed by atoms with E-state index in [1.54, 1.807) is 48.1 Å². The van der Waals surface area contributed by atoms with Gasteiger partial charge in [-0.25, -0.2) is 4.79 Å². The first-order valence-corrected chi connectivity index (χ1v) is 7.95. The van der Waals surface area contributed by atoms with Crippen molar-refractivity contribution in [2.24, 2.45) is 7.05 Å². The van der Waals surface area contributed by atoms with Gasteiger partial charge in [0.1, 0.15) is 12.1 Å². The van der Waals surface area contributed by atoms with Crippen LogP contribution in [0, 0.1) is 0 Å². The lowest BCUT2D eigenvalue weighted by atomic mass is 10.0. The second kappa shape index (κ2) is 6.80. The maximum Gasteiger partial charge on any atom is 0.326 e. The average molecular weight is 338 g/mol. The monoisotopic (exact) mass is 338 g/mol. The molecule has 0 aromatic carbocycles. The average Bonchev–Trinajstić information content (AvgIpc) is 3.11. The normalized spacial score (nSPS) is 21.1. The molecule has 1 saturated heterocycles. The molecule has 8 nitrogen and oxygen atoms in total. The van der Waals surface area contributed by atoms with Crippen molar-refractivity contribution in [1.82, 2.24) is 14.7 Å². The Kier molecular flexibility index (Phi) is 5.17. The summed E-state index contributed by atoms with van der Waals surface area (Å²) in [5, 5.41) is 13.6. The van der Waals surface area contributed by atoms with Crippen molar-refractivity contribution in [3.8, 4) is 0 Å². The van der Waals surface area contributed by atoms with E-state index in [-0.39, 0.29) is 5.91 Å². The first-order chi connectivity index (χ1) is 11.2. The third kappa shape index (κ3) is 3.38. The Morgan fingerprint density at radius 3 is 2.54 bits per heavy atom. The lowest BCUT2D eigenvalue weighted by Crippen LogP contribution is -2.55. The highest BCUT2D eigenvalue weighted by molar-refractivity contribution is 5.90. The fourth-order valence-electron chi connectivity index (χ4n) is 3.17. The van der Waals surface area contributed by atoms with E-state index < -0.39 is 23.6 Å². The number of carbonyl (C=O) groups excluding carboxylic acids is 1. The third-order valence-corrected chi connectivity index (χ3v) is 4.68. The summed E-state index contributed by atoms with van der Waals surface area (Å²) in [5.74, 6) is -1.03. The number of hydrogen-bond acceptors (Lipinski definition) is 5. The van der Waals surface area contributed by atoms with Crippen LogP contribution in [0.25, 0.3) is 0 Å². The fraction of sp³-hybridized carbons (Fsp3) is 0.688. The summed E-state index contributed by atoms with van der Waals surface area (Å²) >= 11 is 0. The van der Waals surface area contributed by atoms with Crippen molar-refractivity contribution in [3.63, 3.8) is 0 Å². The number of nitrogens with zero attached hydrogens (tertiary/aromatic N) is 4. The van der Waals surface area contributed by atoms with Gasteiger partial charge in [0.05, 0.1) is 24.0 Å². The highest BCUT2D eigenvalue weighted by Gasteiger charge is 2.44. The maximum absolute atomic E-state index is 13.0. The van der Waals surface area contributed by atoms with Crippen LogP contribution >= 0.6 is 0 Å². The van der Waals surface area contributed by atoms with Crippen LogP contribution in [0.2, 0.25) is 0 Å². The van der Waals surface area contributed by atoms with E-state index in [1.807, 2.05) is 13.8 Å². The molecule has 1 amide bonds. The van der Waals surface area contributed by atoms with Crippen molar-refractivity contribution < 1.29 is 19.4 Å². The highest BCUT2D eigenvalue weighted by atomic mass is 16.5. The Morgan fingerprint density at radius 1 is 1.42 bits per heavy atom. The molecule has 0 bridgehead atoms. The predicted molar refractivity (Wildman–Crippen MR) is 88.9 cm³/mol. The quantitative estimate of drug-likeness (QED) is 0.822. The van der Waals surface area contributed by atoms with E-state index in [0.717, 1.165) is 0 Å². The zero-order valence-electron chi connectivity index (χ0n) is 14.9. The number of aryl methyl sites for hydroxylation is 1. The summed E-state index contributed by atoms with van der Waals surface area (Å²) in [6.45, 7) is 4.25. The standard InChI is InChI=1S/C16H26N4O4/c1-16(2,10-24-5)19(4)14(21)12-6-7-13(15(22)23)20(12)11-8-17-18(3)9-11/h8-9,12-13H,6-7,10H2,1-5H3,(H,22,23). The molecule has 0 radical (unpaired) electrons. The van der Waals surface area contributed by atoms with Crippen LogP contribution in [0.15, 0.2) is 12.4 Å². The number of rotatable bonds is 6. The van der Waals surface area contributed by atoms with Crippen molar-refractivity contribution in [1.29, 1.82) is 0 Å². The van der Waals surface area contributed by atoms with Gasteiger partial charge >= 0.3 is 5.97 Å². The summed E-state index contributed by atoms with van der Waals surface area (Å²) in [5.41, 5.74) is 0.173. The van der Waals surface area contributed by atoms with Gasteiger partial charge in [-0.1, -0.05) is 0 Å². The minimum atomic E-state index is -0.923. The van der Waals surface area contributed by atoms with Crippen molar-refractivity contribution in [2.75, 3.05) is 25.7 Å². The van der Waals surface area contributed by atoms with Gasteiger partial charge < -0.3 is 19.6 Å². The van der Waals surface area contributed by atoms with Crippen LogP contribution in [0.5, 0.6) is 0 Å². The fourth-order valence-corrected chi connectivity index (χ4v) is 3.17. The molecular weight excluding hydrogens is 312 g/mol. The second-order valence-electron chi connectivity index (χ2n) is 6.87. The molecule has 24 heavy (non-hydrogen) atoms. The second-order valence-corrected chi connectivity index (χ2v) is 6.87. The molecule has 1 N–H and O–H groups in total. The number of amides is 1.